The van der Waals surface area contributed by atoms with Gasteiger partial charge in [-0.1, -0.05) is 11.6 Å². The molecule has 2 rings (SSSR count). The molecule has 1 amide bonds. The number of halogens is 1. The molecule has 1 aromatic heterocycles. The monoisotopic (exact) mass is 255 g/mol. The number of aromatic nitrogens is 2. The molecule has 1 aliphatic rings. The van der Waals surface area contributed by atoms with Gasteiger partial charge in [0.05, 0.1) is 6.10 Å². The zero-order valence-electron chi connectivity index (χ0n) is 9.60. The van der Waals surface area contributed by atoms with Crippen LogP contribution < -0.4 is 0 Å². The Kier molecular flexibility index (Phi) is 3.91. The highest BCUT2D eigenvalue weighted by Crippen LogP contribution is 2.15. The van der Waals surface area contributed by atoms with Crippen LogP contribution in [0.5, 0.6) is 0 Å². The summed E-state index contributed by atoms with van der Waals surface area (Å²) >= 11 is 5.62. The standard InChI is InChI=1S/C11H14ClN3O2/c1-17-8-4-6-15(7-5-8)11(16)9-2-3-10(12)14-13-9/h2-3,8H,4-7H2,1H3. The van der Waals surface area contributed by atoms with E-state index in [9.17, 15) is 4.79 Å². The highest BCUT2D eigenvalue weighted by Gasteiger charge is 2.24. The lowest BCUT2D eigenvalue weighted by Crippen LogP contribution is -2.41. The van der Waals surface area contributed by atoms with E-state index >= 15 is 0 Å². The number of carbonyl (C=O) groups is 1. The van der Waals surface area contributed by atoms with Crippen molar-refractivity contribution in [3.8, 4) is 0 Å². The predicted molar refractivity (Wildman–Crippen MR) is 63.0 cm³/mol. The van der Waals surface area contributed by atoms with Gasteiger partial charge in [-0.15, -0.1) is 10.2 Å². The molecule has 0 aliphatic carbocycles. The maximum Gasteiger partial charge on any atom is 0.274 e. The number of nitrogens with zero attached hydrogens (tertiary/aromatic N) is 3. The molecule has 5 nitrogen and oxygen atoms in total. The van der Waals surface area contributed by atoms with Gasteiger partial charge in [-0.3, -0.25) is 4.79 Å². The van der Waals surface area contributed by atoms with Crippen molar-refractivity contribution < 1.29 is 9.53 Å². The summed E-state index contributed by atoms with van der Waals surface area (Å²) in [5.41, 5.74) is 0.338. The third-order valence-electron chi connectivity index (χ3n) is 2.91. The highest BCUT2D eigenvalue weighted by atomic mass is 35.5. The molecular formula is C11H14ClN3O2. The van der Waals surface area contributed by atoms with E-state index in [4.69, 9.17) is 16.3 Å². The van der Waals surface area contributed by atoms with E-state index in [-0.39, 0.29) is 12.0 Å². The van der Waals surface area contributed by atoms with Crippen LogP contribution in [0.15, 0.2) is 12.1 Å². The van der Waals surface area contributed by atoms with Crippen molar-refractivity contribution in [3.05, 3.63) is 23.0 Å². The van der Waals surface area contributed by atoms with Crippen LogP contribution >= 0.6 is 11.6 Å². The number of piperidine rings is 1. The normalized spacial score (nSPS) is 17.2. The first-order chi connectivity index (χ1) is 8.20. The molecule has 0 spiro atoms. The van der Waals surface area contributed by atoms with Gasteiger partial charge in [0.2, 0.25) is 0 Å². The van der Waals surface area contributed by atoms with E-state index in [0.29, 0.717) is 23.9 Å². The maximum atomic E-state index is 12.0. The molecule has 0 radical (unpaired) electrons. The highest BCUT2D eigenvalue weighted by molar-refractivity contribution is 6.29. The van der Waals surface area contributed by atoms with Gasteiger partial charge in [0, 0.05) is 20.2 Å². The summed E-state index contributed by atoms with van der Waals surface area (Å²) in [7, 11) is 1.70. The zero-order chi connectivity index (χ0) is 12.3. The molecule has 0 atom stereocenters. The fourth-order valence-electron chi connectivity index (χ4n) is 1.89. The average Bonchev–Trinajstić information content (AvgIpc) is 2.39. The largest absolute Gasteiger partial charge is 0.381 e. The van der Waals surface area contributed by atoms with Gasteiger partial charge in [0.15, 0.2) is 10.8 Å². The molecule has 1 fully saturated rings. The van der Waals surface area contributed by atoms with Crippen LogP contribution in [0.2, 0.25) is 5.15 Å². The van der Waals surface area contributed by atoms with Crippen molar-refractivity contribution in [1.82, 2.24) is 15.1 Å². The Morgan fingerprint density at radius 3 is 2.65 bits per heavy atom. The molecule has 0 bridgehead atoms. The molecule has 1 saturated heterocycles. The van der Waals surface area contributed by atoms with Crippen molar-refractivity contribution in [1.29, 1.82) is 0 Å². The lowest BCUT2D eigenvalue weighted by atomic mass is 10.1. The van der Waals surface area contributed by atoms with Gasteiger partial charge in [-0.05, 0) is 25.0 Å². The number of rotatable bonds is 2. The first-order valence-corrected chi connectivity index (χ1v) is 5.90. The number of amides is 1. The molecule has 17 heavy (non-hydrogen) atoms. The van der Waals surface area contributed by atoms with Crippen LogP contribution in [0.1, 0.15) is 23.3 Å². The smallest absolute Gasteiger partial charge is 0.274 e. The predicted octanol–water partition coefficient (Wildman–Crippen LogP) is 1.38. The van der Waals surface area contributed by atoms with Crippen LogP contribution in [-0.4, -0.2) is 47.3 Å². The lowest BCUT2D eigenvalue weighted by molar-refractivity contribution is 0.0347. The van der Waals surface area contributed by atoms with Gasteiger partial charge in [0.25, 0.3) is 5.91 Å². The fraction of sp³-hybridized carbons (Fsp3) is 0.545. The van der Waals surface area contributed by atoms with E-state index in [1.54, 1.807) is 24.1 Å². The first-order valence-electron chi connectivity index (χ1n) is 5.52. The fourth-order valence-corrected chi connectivity index (χ4v) is 1.99. The van der Waals surface area contributed by atoms with E-state index in [1.807, 2.05) is 0 Å². The van der Waals surface area contributed by atoms with Gasteiger partial charge in [-0.25, -0.2) is 0 Å². The van der Waals surface area contributed by atoms with Crippen LogP contribution in [0.4, 0.5) is 0 Å². The van der Waals surface area contributed by atoms with Gasteiger partial charge < -0.3 is 9.64 Å². The maximum absolute atomic E-state index is 12.0. The third kappa shape index (κ3) is 2.92. The van der Waals surface area contributed by atoms with E-state index in [2.05, 4.69) is 10.2 Å². The topological polar surface area (TPSA) is 55.3 Å². The second-order valence-electron chi connectivity index (χ2n) is 3.97. The Balaban J connectivity index is 1.99. The Morgan fingerprint density at radius 1 is 1.41 bits per heavy atom. The third-order valence-corrected chi connectivity index (χ3v) is 3.12. The van der Waals surface area contributed by atoms with Gasteiger partial charge in [0.1, 0.15) is 0 Å². The second-order valence-corrected chi connectivity index (χ2v) is 4.36. The number of hydrogen-bond acceptors (Lipinski definition) is 4. The molecule has 1 aliphatic heterocycles. The first kappa shape index (κ1) is 12.3. The summed E-state index contributed by atoms with van der Waals surface area (Å²) in [6, 6.07) is 3.17. The van der Waals surface area contributed by atoms with Crippen LogP contribution in [0.25, 0.3) is 0 Å². The molecule has 6 heteroatoms. The summed E-state index contributed by atoms with van der Waals surface area (Å²) in [6.07, 6.45) is 1.99. The van der Waals surface area contributed by atoms with Crippen LogP contribution in [0, 0.1) is 0 Å². The Bertz CT molecular complexity index is 388. The Hall–Kier alpha value is -1.20. The van der Waals surface area contributed by atoms with E-state index in [1.165, 1.54) is 0 Å². The van der Waals surface area contributed by atoms with E-state index in [0.717, 1.165) is 12.8 Å². The molecule has 92 valence electrons. The van der Waals surface area contributed by atoms with E-state index < -0.39 is 0 Å². The summed E-state index contributed by atoms with van der Waals surface area (Å²) in [4.78, 5) is 13.8. The van der Waals surface area contributed by atoms with Gasteiger partial charge >= 0.3 is 0 Å². The number of hydrogen-bond donors (Lipinski definition) is 0. The molecule has 1 aromatic rings. The lowest BCUT2D eigenvalue weighted by Gasteiger charge is -2.30. The van der Waals surface area contributed by atoms with Crippen molar-refractivity contribution in [3.63, 3.8) is 0 Å². The molecule has 0 unspecified atom stereocenters. The van der Waals surface area contributed by atoms with Crippen LogP contribution in [-0.2, 0) is 4.74 Å². The number of carbonyl (C=O) groups excluding carboxylic acids is 1. The number of methoxy groups -OCH3 is 1. The minimum absolute atomic E-state index is 0.0938. The Labute approximate surface area is 105 Å². The summed E-state index contributed by atoms with van der Waals surface area (Å²) in [5, 5.41) is 7.75. The molecule has 0 aromatic carbocycles. The average molecular weight is 256 g/mol. The van der Waals surface area contributed by atoms with Crippen molar-refractivity contribution in [2.24, 2.45) is 0 Å². The molecule has 2 heterocycles. The number of likely N-dealkylation sites (tertiary alicyclic amines) is 1. The molecule has 0 saturated carbocycles. The van der Waals surface area contributed by atoms with Crippen molar-refractivity contribution in [2.45, 2.75) is 18.9 Å². The van der Waals surface area contributed by atoms with Gasteiger partial charge in [-0.2, -0.15) is 0 Å². The van der Waals surface area contributed by atoms with Crippen molar-refractivity contribution in [2.75, 3.05) is 20.2 Å². The van der Waals surface area contributed by atoms with Crippen LogP contribution in [0.3, 0.4) is 0 Å². The minimum Gasteiger partial charge on any atom is -0.381 e. The summed E-state index contributed by atoms with van der Waals surface area (Å²) < 4.78 is 5.26. The zero-order valence-corrected chi connectivity index (χ0v) is 10.4. The summed E-state index contributed by atoms with van der Waals surface area (Å²) in [6.45, 7) is 1.39. The quantitative estimate of drug-likeness (QED) is 0.801. The second kappa shape index (κ2) is 5.42. The molecule has 0 N–H and O–H groups in total. The number of ether oxygens (including phenoxy) is 1. The SMILES string of the molecule is COC1CCN(C(=O)c2ccc(Cl)nn2)CC1. The van der Waals surface area contributed by atoms with Crippen molar-refractivity contribution >= 4 is 17.5 Å². The summed E-state index contributed by atoms with van der Waals surface area (Å²) in [5.74, 6) is -0.0938. The molecular weight excluding hydrogens is 242 g/mol. The minimum atomic E-state index is -0.0938. The Morgan fingerprint density at radius 2 is 2.12 bits per heavy atom.